The van der Waals surface area contributed by atoms with Crippen LogP contribution in [-0.4, -0.2) is 181 Å². The maximum absolute atomic E-state index is 11.2. The van der Waals surface area contributed by atoms with Crippen LogP contribution in [-0.2, 0) is 14.4 Å². The van der Waals surface area contributed by atoms with Gasteiger partial charge in [0.05, 0.1) is 18.6 Å². The van der Waals surface area contributed by atoms with E-state index < -0.39 is 0 Å². The lowest BCUT2D eigenvalue weighted by molar-refractivity contribution is -0.130. The average Bonchev–Trinajstić information content (AvgIpc) is 3.90. The second-order valence-corrected chi connectivity index (χ2v) is 15.4. The largest absolute Gasteiger partial charge is 0.358 e. The molecule has 1 aliphatic carbocycles. The predicted octanol–water partition coefficient (Wildman–Crippen LogP) is 1.20. The Morgan fingerprint density at radius 2 is 1.15 bits per heavy atom. The third-order valence-corrected chi connectivity index (χ3v) is 10.3. The van der Waals surface area contributed by atoms with Gasteiger partial charge in [-0.1, -0.05) is 40.5 Å². The number of amides is 2. The highest BCUT2D eigenvalue weighted by Gasteiger charge is 2.23. The first-order chi connectivity index (χ1) is 24.6. The zero-order chi connectivity index (χ0) is 37.3. The van der Waals surface area contributed by atoms with E-state index in [4.69, 9.17) is 0 Å². The number of ketones is 1. The van der Waals surface area contributed by atoms with Gasteiger partial charge in [-0.05, 0) is 64.5 Å². The molecule has 6 rings (SSSR count). The summed E-state index contributed by atoms with van der Waals surface area (Å²) in [6.45, 7) is 23.8. The minimum absolute atomic E-state index is 0. The van der Waals surface area contributed by atoms with Crippen LogP contribution in [0.1, 0.15) is 86.0 Å². The first-order valence-corrected chi connectivity index (χ1v) is 20.3. The highest BCUT2D eigenvalue weighted by molar-refractivity contribution is 5.82. The van der Waals surface area contributed by atoms with Gasteiger partial charge in [-0.3, -0.25) is 24.2 Å². The summed E-state index contributed by atoms with van der Waals surface area (Å²) in [6.07, 6.45) is 11.6. The van der Waals surface area contributed by atoms with Gasteiger partial charge in [-0.15, -0.1) is 0 Å². The summed E-state index contributed by atoms with van der Waals surface area (Å²) in [5, 5.41) is 18.9. The van der Waals surface area contributed by atoms with Crippen molar-refractivity contribution in [2.45, 2.75) is 104 Å². The molecule has 1 saturated carbocycles. The average molecular weight is 739 g/mol. The molecule has 5 saturated heterocycles. The summed E-state index contributed by atoms with van der Waals surface area (Å²) >= 11 is 0. The summed E-state index contributed by atoms with van der Waals surface area (Å²) in [4.78, 5) is 41.7. The normalized spacial score (nSPS) is 24.2. The molecule has 52 heavy (non-hydrogen) atoms. The molecular formula is C39H82N10O3. The standard InChI is InChI=1S/C10H20N2.C8H18N2.C7H15N3O.C7H14N2O.C6H11NO.CH4/c1-2-4-10(5-3-1)12-8-6-11-7-9-12;1-8(2)7-10-5-3-9-4-6-10;1-8-7(11)6-10-4-2-9-3-5-10;1-9(2)7(10)6-4-3-5-8-6;1-5(8)6-3-2-4-7-6;/h10-11H,1-9H2;8-9H,3-7H2,1-2H3;9H,2-6H2,1H3,(H,8,11);6,8H,3-5H2,1-2H3;6-7H,2-4H2,1H3;1H4. The molecule has 0 aromatic carbocycles. The third kappa shape index (κ3) is 21.9. The maximum atomic E-state index is 11.2. The topological polar surface area (TPSA) is 136 Å². The zero-order valence-corrected chi connectivity index (χ0v) is 33.5. The first kappa shape index (κ1) is 48.3. The number of nitrogens with one attached hydrogen (secondary N) is 6. The minimum atomic E-state index is 0. The Labute approximate surface area is 318 Å². The van der Waals surface area contributed by atoms with E-state index in [0.29, 0.717) is 6.54 Å². The fraction of sp³-hybridized carbons (Fsp3) is 0.923. The maximum Gasteiger partial charge on any atom is 0.239 e. The summed E-state index contributed by atoms with van der Waals surface area (Å²) < 4.78 is 0. The van der Waals surface area contributed by atoms with Crippen LogP contribution in [0.25, 0.3) is 0 Å². The van der Waals surface area contributed by atoms with Gasteiger partial charge in [0.1, 0.15) is 5.78 Å². The number of carbonyl (C=O) groups excluding carboxylic acids is 3. The van der Waals surface area contributed by atoms with Crippen LogP contribution in [0, 0.1) is 5.92 Å². The number of hydrogen-bond donors (Lipinski definition) is 6. The lowest BCUT2D eigenvalue weighted by Gasteiger charge is -2.36. The Morgan fingerprint density at radius 3 is 1.56 bits per heavy atom. The second kappa shape index (κ2) is 29.6. The lowest BCUT2D eigenvalue weighted by atomic mass is 9.94. The summed E-state index contributed by atoms with van der Waals surface area (Å²) in [6, 6.07) is 1.20. The second-order valence-electron chi connectivity index (χ2n) is 15.4. The van der Waals surface area contributed by atoms with E-state index in [2.05, 4.69) is 60.4 Å². The van der Waals surface area contributed by atoms with Crippen molar-refractivity contribution in [2.75, 3.05) is 126 Å². The number of rotatable bonds is 7. The Balaban J connectivity index is 0.000000325. The van der Waals surface area contributed by atoms with E-state index in [1.165, 1.54) is 91.0 Å². The van der Waals surface area contributed by atoms with Crippen molar-refractivity contribution in [1.29, 1.82) is 0 Å². The molecule has 2 atom stereocenters. The fourth-order valence-electron chi connectivity index (χ4n) is 7.29. The monoisotopic (exact) mass is 739 g/mol. The van der Waals surface area contributed by atoms with Gasteiger partial charge in [0, 0.05) is 112 Å². The van der Waals surface area contributed by atoms with E-state index in [9.17, 15) is 14.4 Å². The van der Waals surface area contributed by atoms with E-state index in [0.717, 1.165) is 76.9 Å². The van der Waals surface area contributed by atoms with Crippen LogP contribution in [0.4, 0.5) is 0 Å². The third-order valence-electron chi connectivity index (χ3n) is 10.3. The molecule has 6 fully saturated rings. The molecule has 0 aromatic heterocycles. The van der Waals surface area contributed by atoms with Crippen molar-refractivity contribution in [3.63, 3.8) is 0 Å². The molecular weight excluding hydrogens is 656 g/mol. The molecule has 6 N–H and O–H groups in total. The molecule has 13 nitrogen and oxygen atoms in total. The molecule has 5 heterocycles. The number of hydrogen-bond acceptors (Lipinski definition) is 11. The Morgan fingerprint density at radius 1 is 0.673 bits per heavy atom. The number of nitrogens with zero attached hydrogens (tertiary/aromatic N) is 4. The van der Waals surface area contributed by atoms with Gasteiger partial charge in [-0.2, -0.15) is 0 Å². The molecule has 5 aliphatic heterocycles. The molecule has 6 aliphatic rings. The Bertz CT molecular complexity index is 888. The molecule has 0 bridgehead atoms. The molecule has 0 spiro atoms. The van der Waals surface area contributed by atoms with Crippen LogP contribution in [0.2, 0.25) is 0 Å². The fourth-order valence-corrected chi connectivity index (χ4v) is 7.29. The van der Waals surface area contributed by atoms with Crippen LogP contribution < -0.4 is 31.9 Å². The van der Waals surface area contributed by atoms with Crippen molar-refractivity contribution < 1.29 is 14.4 Å². The highest BCUT2D eigenvalue weighted by atomic mass is 16.2. The molecule has 0 aromatic rings. The van der Waals surface area contributed by atoms with Crippen LogP contribution >= 0.6 is 0 Å². The summed E-state index contributed by atoms with van der Waals surface area (Å²) in [5.74, 6) is 1.41. The van der Waals surface area contributed by atoms with Gasteiger partial charge < -0.3 is 41.7 Å². The van der Waals surface area contributed by atoms with Crippen molar-refractivity contribution in [3.8, 4) is 0 Å². The van der Waals surface area contributed by atoms with E-state index >= 15 is 0 Å². The summed E-state index contributed by atoms with van der Waals surface area (Å²) in [5.41, 5.74) is 0. The molecule has 0 radical (unpaired) electrons. The van der Waals surface area contributed by atoms with Crippen molar-refractivity contribution in [1.82, 2.24) is 51.5 Å². The van der Waals surface area contributed by atoms with Crippen LogP contribution in [0.15, 0.2) is 0 Å². The van der Waals surface area contributed by atoms with E-state index in [1.54, 1.807) is 33.0 Å². The number of Topliss-reactive ketones (excluding diaryl/α,β-unsaturated/α-hetero) is 1. The SMILES string of the molecule is C.C1CCC(N2CCNCC2)CC1.CC(=O)C1CCCN1.CC(C)CN1CCNCC1.CN(C)C(=O)C1CCCN1.CNC(=O)CN1CCNCC1. The predicted molar refractivity (Wildman–Crippen MR) is 217 cm³/mol. The van der Waals surface area contributed by atoms with E-state index in [1.807, 2.05) is 0 Å². The minimum Gasteiger partial charge on any atom is -0.358 e. The number of likely N-dealkylation sites (N-methyl/N-ethyl adjacent to an activating group) is 2. The van der Waals surface area contributed by atoms with Gasteiger partial charge in [0.25, 0.3) is 0 Å². The molecule has 2 unspecified atom stereocenters. The Kier molecular flexibility index (Phi) is 27.5. The molecule has 2 amide bonds. The molecule has 13 heteroatoms. The van der Waals surface area contributed by atoms with Crippen LogP contribution in [0.5, 0.6) is 0 Å². The molecule has 306 valence electrons. The van der Waals surface area contributed by atoms with Gasteiger partial charge in [0.15, 0.2) is 0 Å². The Hall–Kier alpha value is -1.71. The zero-order valence-electron chi connectivity index (χ0n) is 33.5. The van der Waals surface area contributed by atoms with Crippen molar-refractivity contribution >= 4 is 17.6 Å². The smallest absolute Gasteiger partial charge is 0.239 e. The van der Waals surface area contributed by atoms with Crippen molar-refractivity contribution in [3.05, 3.63) is 0 Å². The highest BCUT2D eigenvalue weighted by Crippen LogP contribution is 2.22. The summed E-state index contributed by atoms with van der Waals surface area (Å²) in [7, 11) is 5.26. The number of carbonyl (C=O) groups is 3. The first-order valence-electron chi connectivity index (χ1n) is 20.3. The quantitative estimate of drug-likeness (QED) is 0.225. The van der Waals surface area contributed by atoms with Crippen molar-refractivity contribution in [2.24, 2.45) is 5.92 Å². The van der Waals surface area contributed by atoms with Crippen LogP contribution in [0.3, 0.4) is 0 Å². The van der Waals surface area contributed by atoms with E-state index in [-0.39, 0.29) is 37.1 Å². The van der Waals surface area contributed by atoms with Gasteiger partial charge >= 0.3 is 0 Å². The van der Waals surface area contributed by atoms with Gasteiger partial charge in [0.2, 0.25) is 11.8 Å². The van der Waals surface area contributed by atoms with Gasteiger partial charge in [-0.25, -0.2) is 0 Å². The number of piperazine rings is 3. The lowest BCUT2D eigenvalue weighted by Crippen LogP contribution is -2.48.